The summed E-state index contributed by atoms with van der Waals surface area (Å²) in [6, 6.07) is 8.85. The molecule has 0 bridgehead atoms. The Balaban J connectivity index is 1.86. The number of sulfonamides is 1. The van der Waals surface area contributed by atoms with Crippen molar-refractivity contribution in [2.45, 2.75) is 25.2 Å². The molecule has 2 aromatic carbocycles. The van der Waals surface area contributed by atoms with Crippen LogP contribution in [0.3, 0.4) is 0 Å². The topological polar surface area (TPSA) is 81.2 Å². The van der Waals surface area contributed by atoms with Gasteiger partial charge in [-0.05, 0) is 60.9 Å². The lowest BCUT2D eigenvalue weighted by Gasteiger charge is -2.13. The standard InChI is InChI=1S/C17H16FN3O3S2/c1-3-12-9-13(18)4-6-16(12)24-15-7-5-14(8-11(15)2)26(22,23)21-17-19-10-20-25-17/h4-10H,3H2,1-2H3,(H,19,20,21). The Morgan fingerprint density at radius 3 is 2.62 bits per heavy atom. The van der Waals surface area contributed by atoms with Crippen molar-refractivity contribution in [3.05, 3.63) is 59.7 Å². The Hall–Kier alpha value is -2.52. The van der Waals surface area contributed by atoms with Crippen LogP contribution in [0.5, 0.6) is 11.5 Å². The minimum Gasteiger partial charge on any atom is -0.457 e. The van der Waals surface area contributed by atoms with Crippen molar-refractivity contribution >= 4 is 26.7 Å². The predicted octanol–water partition coefficient (Wildman–Crippen LogP) is 4.14. The minimum absolute atomic E-state index is 0.0902. The van der Waals surface area contributed by atoms with Crippen LogP contribution in [-0.2, 0) is 16.4 Å². The van der Waals surface area contributed by atoms with Gasteiger partial charge in [0.15, 0.2) is 0 Å². The van der Waals surface area contributed by atoms with Gasteiger partial charge < -0.3 is 4.74 Å². The third-order valence-electron chi connectivity index (χ3n) is 3.66. The van der Waals surface area contributed by atoms with E-state index < -0.39 is 10.0 Å². The summed E-state index contributed by atoms with van der Waals surface area (Å²) in [4.78, 5) is 3.90. The molecule has 0 aliphatic rings. The molecule has 3 aromatic rings. The van der Waals surface area contributed by atoms with E-state index in [-0.39, 0.29) is 15.8 Å². The second-order valence-electron chi connectivity index (χ2n) is 5.49. The number of anilines is 1. The highest BCUT2D eigenvalue weighted by molar-refractivity contribution is 7.93. The highest BCUT2D eigenvalue weighted by atomic mass is 32.2. The maximum atomic E-state index is 13.4. The van der Waals surface area contributed by atoms with Gasteiger partial charge in [-0.25, -0.2) is 17.8 Å². The van der Waals surface area contributed by atoms with Crippen LogP contribution in [0.1, 0.15) is 18.1 Å². The van der Waals surface area contributed by atoms with Crippen molar-refractivity contribution in [2.75, 3.05) is 4.72 Å². The molecular weight excluding hydrogens is 377 g/mol. The van der Waals surface area contributed by atoms with E-state index in [1.54, 1.807) is 19.1 Å². The highest BCUT2D eigenvalue weighted by Crippen LogP contribution is 2.30. The lowest BCUT2D eigenvalue weighted by atomic mass is 10.1. The number of nitrogens with zero attached hydrogens (tertiary/aromatic N) is 2. The van der Waals surface area contributed by atoms with Crippen LogP contribution in [0.4, 0.5) is 9.52 Å². The quantitative estimate of drug-likeness (QED) is 0.681. The van der Waals surface area contributed by atoms with Gasteiger partial charge in [-0.15, -0.1) is 0 Å². The van der Waals surface area contributed by atoms with Crippen LogP contribution < -0.4 is 9.46 Å². The molecule has 1 N–H and O–H groups in total. The van der Waals surface area contributed by atoms with E-state index in [9.17, 15) is 12.8 Å². The second-order valence-corrected chi connectivity index (χ2v) is 7.95. The fraction of sp³-hybridized carbons (Fsp3) is 0.176. The Bertz CT molecular complexity index is 1020. The zero-order valence-electron chi connectivity index (χ0n) is 14.1. The molecule has 136 valence electrons. The average Bonchev–Trinajstić information content (AvgIpc) is 3.10. The van der Waals surface area contributed by atoms with E-state index in [4.69, 9.17) is 4.74 Å². The van der Waals surface area contributed by atoms with Crippen LogP contribution in [0, 0.1) is 12.7 Å². The third-order valence-corrected chi connectivity index (χ3v) is 5.71. The van der Waals surface area contributed by atoms with Crippen molar-refractivity contribution < 1.29 is 17.5 Å². The first kappa shape index (κ1) is 18.3. The number of aromatic nitrogens is 2. The molecule has 3 rings (SSSR count). The first-order valence-corrected chi connectivity index (χ1v) is 10.0. The summed E-state index contributed by atoms with van der Waals surface area (Å²) < 4.78 is 50.1. The molecule has 26 heavy (non-hydrogen) atoms. The van der Waals surface area contributed by atoms with Crippen LogP contribution in [0.15, 0.2) is 47.6 Å². The number of rotatable bonds is 6. The van der Waals surface area contributed by atoms with E-state index in [1.807, 2.05) is 6.92 Å². The largest absolute Gasteiger partial charge is 0.457 e. The summed E-state index contributed by atoms with van der Waals surface area (Å²) >= 11 is 0.952. The maximum Gasteiger partial charge on any atom is 0.263 e. The van der Waals surface area contributed by atoms with Crippen molar-refractivity contribution in [2.24, 2.45) is 0 Å². The van der Waals surface area contributed by atoms with E-state index in [0.29, 0.717) is 23.5 Å². The minimum atomic E-state index is -3.76. The van der Waals surface area contributed by atoms with Gasteiger partial charge in [-0.2, -0.15) is 4.37 Å². The van der Waals surface area contributed by atoms with Crippen molar-refractivity contribution in [3.63, 3.8) is 0 Å². The zero-order valence-corrected chi connectivity index (χ0v) is 15.7. The smallest absolute Gasteiger partial charge is 0.263 e. The van der Waals surface area contributed by atoms with Crippen LogP contribution in [0.2, 0.25) is 0 Å². The van der Waals surface area contributed by atoms with Gasteiger partial charge >= 0.3 is 0 Å². The number of hydrogen-bond donors (Lipinski definition) is 1. The summed E-state index contributed by atoms with van der Waals surface area (Å²) in [5, 5.41) is 0.196. The second kappa shape index (κ2) is 7.38. The molecule has 0 spiro atoms. The number of halogens is 1. The molecule has 0 saturated heterocycles. The Morgan fingerprint density at radius 1 is 1.19 bits per heavy atom. The molecule has 0 radical (unpaired) electrons. The first-order chi connectivity index (χ1) is 12.4. The summed E-state index contributed by atoms with van der Waals surface area (Å²) in [5.41, 5.74) is 1.37. The number of aryl methyl sites for hydroxylation is 2. The molecule has 1 aromatic heterocycles. The molecule has 0 unspecified atom stereocenters. The van der Waals surface area contributed by atoms with E-state index in [2.05, 4.69) is 14.1 Å². The van der Waals surface area contributed by atoms with E-state index in [0.717, 1.165) is 17.1 Å². The van der Waals surface area contributed by atoms with Crippen molar-refractivity contribution in [1.82, 2.24) is 9.36 Å². The van der Waals surface area contributed by atoms with Gasteiger partial charge in [0.05, 0.1) is 4.90 Å². The zero-order chi connectivity index (χ0) is 18.7. The van der Waals surface area contributed by atoms with Crippen LogP contribution in [-0.4, -0.2) is 17.8 Å². The fourth-order valence-electron chi connectivity index (χ4n) is 2.34. The number of benzene rings is 2. The molecule has 9 heteroatoms. The Kier molecular flexibility index (Phi) is 5.19. The summed E-state index contributed by atoms with van der Waals surface area (Å²) in [7, 11) is -3.76. The molecule has 0 atom stereocenters. The van der Waals surface area contributed by atoms with E-state index in [1.165, 1.54) is 30.6 Å². The third kappa shape index (κ3) is 4.00. The van der Waals surface area contributed by atoms with Gasteiger partial charge in [0.2, 0.25) is 5.13 Å². The Labute approximate surface area is 154 Å². The molecule has 0 aliphatic heterocycles. The van der Waals surface area contributed by atoms with Crippen molar-refractivity contribution in [3.8, 4) is 11.5 Å². The van der Waals surface area contributed by atoms with Gasteiger partial charge in [0.1, 0.15) is 23.6 Å². The van der Waals surface area contributed by atoms with Gasteiger partial charge in [0, 0.05) is 11.5 Å². The van der Waals surface area contributed by atoms with Gasteiger partial charge in [0.25, 0.3) is 10.0 Å². The molecule has 0 amide bonds. The predicted molar refractivity (Wildman–Crippen MR) is 97.7 cm³/mol. The van der Waals surface area contributed by atoms with Crippen LogP contribution >= 0.6 is 11.5 Å². The lowest BCUT2D eigenvalue weighted by molar-refractivity contribution is 0.470. The highest BCUT2D eigenvalue weighted by Gasteiger charge is 2.17. The molecule has 0 saturated carbocycles. The van der Waals surface area contributed by atoms with Crippen LogP contribution in [0.25, 0.3) is 0 Å². The molecule has 6 nitrogen and oxygen atoms in total. The number of hydrogen-bond acceptors (Lipinski definition) is 6. The molecule has 0 aliphatic carbocycles. The Morgan fingerprint density at radius 2 is 1.96 bits per heavy atom. The van der Waals surface area contributed by atoms with Gasteiger partial charge in [-0.3, -0.25) is 4.72 Å². The monoisotopic (exact) mass is 393 g/mol. The summed E-state index contributed by atoms with van der Waals surface area (Å²) in [5.74, 6) is 0.718. The summed E-state index contributed by atoms with van der Waals surface area (Å²) in [6.07, 6.45) is 1.89. The molecule has 0 fully saturated rings. The fourth-order valence-corrected chi connectivity index (χ4v) is 4.08. The average molecular weight is 393 g/mol. The normalized spacial score (nSPS) is 11.3. The SMILES string of the molecule is CCc1cc(F)ccc1Oc1ccc(S(=O)(=O)Nc2ncns2)cc1C. The maximum absolute atomic E-state index is 13.4. The lowest BCUT2D eigenvalue weighted by Crippen LogP contribution is -2.13. The summed E-state index contributed by atoms with van der Waals surface area (Å²) in [6.45, 7) is 3.65. The first-order valence-electron chi connectivity index (χ1n) is 7.75. The number of nitrogens with one attached hydrogen (secondary N) is 1. The van der Waals surface area contributed by atoms with Gasteiger partial charge in [-0.1, -0.05) is 6.92 Å². The van der Waals surface area contributed by atoms with Crippen molar-refractivity contribution in [1.29, 1.82) is 0 Å². The molecule has 1 heterocycles. The number of ether oxygens (including phenoxy) is 1. The van der Waals surface area contributed by atoms with E-state index >= 15 is 0 Å². The molecular formula is C17H16FN3O3S2.